The lowest BCUT2D eigenvalue weighted by atomic mass is 9.97. The first kappa shape index (κ1) is 17.5. The van der Waals surface area contributed by atoms with Gasteiger partial charge in [0.25, 0.3) is 0 Å². The van der Waals surface area contributed by atoms with Gasteiger partial charge >= 0.3 is 0 Å². The minimum atomic E-state index is -0.204. The monoisotopic (exact) mass is 392 g/mol. The minimum absolute atomic E-state index is 0.0501. The lowest BCUT2D eigenvalue weighted by molar-refractivity contribution is -0.139. The number of aryl methyl sites for hydroxylation is 1. The zero-order chi connectivity index (χ0) is 17.3. The minimum Gasteiger partial charge on any atom is -0.339 e. The summed E-state index contributed by atoms with van der Waals surface area (Å²) in [6.45, 7) is 5.51. The van der Waals surface area contributed by atoms with Gasteiger partial charge in [-0.2, -0.15) is 0 Å². The van der Waals surface area contributed by atoms with Gasteiger partial charge in [-0.15, -0.1) is 0 Å². The summed E-state index contributed by atoms with van der Waals surface area (Å²) in [5, 5.41) is 0. The van der Waals surface area contributed by atoms with Crippen LogP contribution in [0.25, 0.3) is 0 Å². The third kappa shape index (κ3) is 3.37. The fraction of sp³-hybridized carbons (Fsp3) is 0.579. The highest BCUT2D eigenvalue weighted by molar-refractivity contribution is 9.10. The molecule has 130 valence electrons. The second-order valence-corrected chi connectivity index (χ2v) is 7.78. The van der Waals surface area contributed by atoms with Crippen LogP contribution >= 0.6 is 15.9 Å². The van der Waals surface area contributed by atoms with Crippen LogP contribution in [0.4, 0.5) is 5.69 Å². The number of carbonyl (C=O) groups excluding carboxylic acids is 2. The van der Waals surface area contributed by atoms with Crippen molar-refractivity contribution in [3.8, 4) is 0 Å². The maximum absolute atomic E-state index is 13.0. The maximum atomic E-state index is 13.0. The van der Waals surface area contributed by atoms with Crippen LogP contribution in [0.1, 0.15) is 44.6 Å². The predicted octanol–water partition coefficient (Wildman–Crippen LogP) is 3.90. The summed E-state index contributed by atoms with van der Waals surface area (Å²) in [7, 11) is 0. The van der Waals surface area contributed by atoms with Gasteiger partial charge in [-0.3, -0.25) is 9.59 Å². The highest BCUT2D eigenvalue weighted by Gasteiger charge is 2.39. The fourth-order valence-corrected chi connectivity index (χ4v) is 4.19. The van der Waals surface area contributed by atoms with Crippen LogP contribution in [-0.2, 0) is 9.59 Å². The number of amides is 2. The first-order chi connectivity index (χ1) is 11.5. The van der Waals surface area contributed by atoms with E-state index in [2.05, 4.69) is 22.9 Å². The van der Waals surface area contributed by atoms with E-state index in [4.69, 9.17) is 0 Å². The molecule has 2 aliphatic heterocycles. The number of halogens is 1. The van der Waals surface area contributed by atoms with Crippen molar-refractivity contribution in [1.29, 1.82) is 0 Å². The number of nitrogens with zero attached hydrogens (tertiary/aromatic N) is 2. The molecule has 0 aliphatic carbocycles. The second kappa shape index (κ2) is 7.26. The molecule has 0 spiro atoms. The molecule has 2 atom stereocenters. The zero-order valence-electron chi connectivity index (χ0n) is 14.4. The standard InChI is InChI=1S/C19H25BrN2O2/c1-3-15-6-4-5-9-21(15)19(24)14-10-18(23)22(12-14)16-8-7-13(2)17(20)11-16/h7-8,11,14-15H,3-6,9-10,12H2,1-2H3. The molecule has 24 heavy (non-hydrogen) atoms. The topological polar surface area (TPSA) is 40.6 Å². The summed E-state index contributed by atoms with van der Waals surface area (Å²) < 4.78 is 0.990. The van der Waals surface area contributed by atoms with Gasteiger partial charge in [-0.05, 0) is 50.3 Å². The van der Waals surface area contributed by atoms with E-state index in [-0.39, 0.29) is 17.7 Å². The molecule has 2 heterocycles. The summed E-state index contributed by atoms with van der Waals surface area (Å²) in [5.41, 5.74) is 2.01. The summed E-state index contributed by atoms with van der Waals surface area (Å²) in [5.74, 6) is 0.0162. The Balaban J connectivity index is 1.74. The molecule has 5 heteroatoms. The Kier molecular flexibility index (Phi) is 5.28. The van der Waals surface area contributed by atoms with Crippen LogP contribution in [-0.4, -0.2) is 35.8 Å². The van der Waals surface area contributed by atoms with Crippen LogP contribution in [0.15, 0.2) is 22.7 Å². The molecule has 0 bridgehead atoms. The lowest BCUT2D eigenvalue weighted by Gasteiger charge is -2.36. The van der Waals surface area contributed by atoms with Gasteiger partial charge in [0.2, 0.25) is 11.8 Å². The Morgan fingerprint density at radius 2 is 2.12 bits per heavy atom. The molecule has 2 fully saturated rings. The average molecular weight is 393 g/mol. The largest absolute Gasteiger partial charge is 0.339 e. The average Bonchev–Trinajstić information content (AvgIpc) is 2.98. The Morgan fingerprint density at radius 1 is 1.33 bits per heavy atom. The molecule has 3 rings (SSSR count). The van der Waals surface area contributed by atoms with Gasteiger partial charge in [-0.1, -0.05) is 28.9 Å². The number of hydrogen-bond acceptors (Lipinski definition) is 2. The number of carbonyl (C=O) groups is 2. The Morgan fingerprint density at radius 3 is 2.83 bits per heavy atom. The molecule has 0 saturated carbocycles. The molecular weight excluding hydrogens is 368 g/mol. The lowest BCUT2D eigenvalue weighted by Crippen LogP contribution is -2.46. The van der Waals surface area contributed by atoms with Crippen molar-refractivity contribution in [2.75, 3.05) is 18.0 Å². The van der Waals surface area contributed by atoms with Crippen LogP contribution in [0, 0.1) is 12.8 Å². The first-order valence-corrected chi connectivity index (χ1v) is 9.67. The number of hydrogen-bond donors (Lipinski definition) is 0. The predicted molar refractivity (Wildman–Crippen MR) is 99.0 cm³/mol. The molecule has 2 saturated heterocycles. The normalized spacial score (nSPS) is 24.5. The third-order valence-corrected chi connectivity index (χ3v) is 6.18. The summed E-state index contributed by atoms with van der Waals surface area (Å²) in [6, 6.07) is 6.28. The van der Waals surface area contributed by atoms with Gasteiger partial charge in [0.15, 0.2) is 0 Å². The zero-order valence-corrected chi connectivity index (χ0v) is 16.0. The number of rotatable bonds is 3. The number of anilines is 1. The summed E-state index contributed by atoms with van der Waals surface area (Å²) in [4.78, 5) is 29.2. The van der Waals surface area contributed by atoms with Crippen LogP contribution in [0.3, 0.4) is 0 Å². The van der Waals surface area contributed by atoms with Crippen LogP contribution in [0.2, 0.25) is 0 Å². The van der Waals surface area contributed by atoms with Crippen molar-refractivity contribution < 1.29 is 9.59 Å². The third-order valence-electron chi connectivity index (χ3n) is 5.32. The second-order valence-electron chi connectivity index (χ2n) is 6.93. The number of likely N-dealkylation sites (tertiary alicyclic amines) is 1. The number of benzene rings is 1. The SMILES string of the molecule is CCC1CCCCN1C(=O)C1CC(=O)N(c2ccc(C)c(Br)c2)C1. The molecule has 0 N–H and O–H groups in total. The Hall–Kier alpha value is -1.36. The van der Waals surface area contributed by atoms with Gasteiger partial charge < -0.3 is 9.80 Å². The van der Waals surface area contributed by atoms with Crippen molar-refractivity contribution in [3.63, 3.8) is 0 Å². The van der Waals surface area contributed by atoms with Crippen molar-refractivity contribution in [3.05, 3.63) is 28.2 Å². The van der Waals surface area contributed by atoms with Crippen LogP contribution in [0.5, 0.6) is 0 Å². The molecule has 1 aromatic carbocycles. The highest BCUT2D eigenvalue weighted by Crippen LogP contribution is 2.31. The van der Waals surface area contributed by atoms with Crippen molar-refractivity contribution in [2.45, 2.75) is 52.0 Å². The maximum Gasteiger partial charge on any atom is 0.228 e. The van der Waals surface area contributed by atoms with Crippen molar-refractivity contribution in [1.82, 2.24) is 4.90 Å². The molecule has 1 aromatic rings. The van der Waals surface area contributed by atoms with Gasteiger partial charge in [0.05, 0.1) is 5.92 Å². The van der Waals surface area contributed by atoms with E-state index in [1.165, 1.54) is 6.42 Å². The summed E-state index contributed by atoms with van der Waals surface area (Å²) in [6.07, 6.45) is 4.71. The Labute approximate surface area is 152 Å². The van der Waals surface area contributed by atoms with E-state index in [0.717, 1.165) is 41.5 Å². The van der Waals surface area contributed by atoms with Crippen molar-refractivity contribution >= 4 is 33.4 Å². The molecule has 2 unspecified atom stereocenters. The quantitative estimate of drug-likeness (QED) is 0.782. The molecule has 0 aromatic heterocycles. The smallest absolute Gasteiger partial charge is 0.228 e. The van der Waals surface area contributed by atoms with E-state index >= 15 is 0 Å². The van der Waals surface area contributed by atoms with Gasteiger partial charge in [0, 0.05) is 35.7 Å². The molecular formula is C19H25BrN2O2. The van der Waals surface area contributed by atoms with E-state index in [0.29, 0.717) is 19.0 Å². The van der Waals surface area contributed by atoms with E-state index < -0.39 is 0 Å². The number of piperidine rings is 1. The van der Waals surface area contributed by atoms with Gasteiger partial charge in [0.1, 0.15) is 0 Å². The highest BCUT2D eigenvalue weighted by atomic mass is 79.9. The van der Waals surface area contributed by atoms with Crippen molar-refractivity contribution in [2.24, 2.45) is 5.92 Å². The van der Waals surface area contributed by atoms with E-state index in [1.807, 2.05) is 30.0 Å². The molecule has 0 radical (unpaired) electrons. The molecule has 2 amide bonds. The molecule has 4 nitrogen and oxygen atoms in total. The summed E-state index contributed by atoms with van der Waals surface area (Å²) >= 11 is 3.52. The Bertz CT molecular complexity index is 646. The van der Waals surface area contributed by atoms with Crippen LogP contribution < -0.4 is 4.90 Å². The fourth-order valence-electron chi connectivity index (χ4n) is 3.82. The van der Waals surface area contributed by atoms with E-state index in [1.54, 1.807) is 4.90 Å². The van der Waals surface area contributed by atoms with E-state index in [9.17, 15) is 9.59 Å². The molecule has 2 aliphatic rings. The first-order valence-electron chi connectivity index (χ1n) is 8.88. The van der Waals surface area contributed by atoms with Gasteiger partial charge in [-0.25, -0.2) is 0 Å².